The van der Waals surface area contributed by atoms with Gasteiger partial charge in [-0.15, -0.1) is 10.2 Å². The van der Waals surface area contributed by atoms with Gasteiger partial charge >= 0.3 is 0 Å². The van der Waals surface area contributed by atoms with Crippen LogP contribution in [0.3, 0.4) is 0 Å². The Morgan fingerprint density at radius 1 is 1.14 bits per heavy atom. The zero-order valence-corrected chi connectivity index (χ0v) is 17.8. The SMILES string of the molecule is CCOc1ccc([C@@H](C)NS(=O)(=O)c2nnc(NC(=O)CC)s2)cc1OCC. The highest BCUT2D eigenvalue weighted by Crippen LogP contribution is 2.31. The van der Waals surface area contributed by atoms with E-state index >= 15 is 0 Å². The zero-order chi connectivity index (χ0) is 20.7. The van der Waals surface area contributed by atoms with E-state index in [2.05, 4.69) is 20.2 Å². The molecule has 0 fully saturated rings. The minimum absolute atomic E-state index is 0.138. The average molecular weight is 429 g/mol. The van der Waals surface area contributed by atoms with Crippen LogP contribution in [0.1, 0.15) is 45.7 Å². The monoisotopic (exact) mass is 428 g/mol. The van der Waals surface area contributed by atoms with Crippen LogP contribution in [0, 0.1) is 0 Å². The van der Waals surface area contributed by atoms with E-state index in [-0.39, 0.29) is 21.8 Å². The molecule has 0 unspecified atom stereocenters. The first-order chi connectivity index (χ1) is 13.3. The van der Waals surface area contributed by atoms with Gasteiger partial charge in [-0.2, -0.15) is 0 Å². The second-order valence-electron chi connectivity index (χ2n) is 5.69. The number of hydrogen-bond donors (Lipinski definition) is 2. The van der Waals surface area contributed by atoms with Crippen molar-refractivity contribution in [2.24, 2.45) is 0 Å². The van der Waals surface area contributed by atoms with Crippen molar-refractivity contribution >= 4 is 32.4 Å². The van der Waals surface area contributed by atoms with E-state index in [0.717, 1.165) is 11.3 Å². The predicted molar refractivity (Wildman–Crippen MR) is 106 cm³/mol. The molecule has 2 aromatic rings. The summed E-state index contributed by atoms with van der Waals surface area (Å²) in [4.78, 5) is 11.4. The molecular weight excluding hydrogens is 404 g/mol. The number of carbonyl (C=O) groups is 1. The smallest absolute Gasteiger partial charge is 0.270 e. The van der Waals surface area contributed by atoms with Crippen LogP contribution in [0.25, 0.3) is 0 Å². The van der Waals surface area contributed by atoms with E-state index in [1.165, 1.54) is 0 Å². The van der Waals surface area contributed by atoms with Crippen LogP contribution in [-0.2, 0) is 14.8 Å². The van der Waals surface area contributed by atoms with E-state index in [1.807, 2.05) is 13.8 Å². The number of anilines is 1. The molecule has 9 nitrogen and oxygen atoms in total. The molecule has 28 heavy (non-hydrogen) atoms. The van der Waals surface area contributed by atoms with E-state index in [0.29, 0.717) is 30.3 Å². The highest BCUT2D eigenvalue weighted by molar-refractivity contribution is 7.91. The van der Waals surface area contributed by atoms with Crippen LogP contribution < -0.4 is 19.5 Å². The van der Waals surface area contributed by atoms with Crippen molar-refractivity contribution in [3.63, 3.8) is 0 Å². The molecule has 0 aliphatic rings. The molecular formula is C17H24N4O5S2. The maximum absolute atomic E-state index is 12.6. The Hall–Kier alpha value is -2.24. The number of amides is 1. The number of nitrogens with one attached hydrogen (secondary N) is 2. The van der Waals surface area contributed by atoms with Gasteiger partial charge in [0.25, 0.3) is 10.0 Å². The molecule has 0 aliphatic carbocycles. The van der Waals surface area contributed by atoms with Gasteiger partial charge in [-0.25, -0.2) is 13.1 Å². The molecule has 0 aliphatic heterocycles. The Morgan fingerprint density at radius 2 is 1.82 bits per heavy atom. The van der Waals surface area contributed by atoms with Gasteiger partial charge in [0.05, 0.1) is 13.2 Å². The molecule has 1 aromatic heterocycles. The summed E-state index contributed by atoms with van der Waals surface area (Å²) in [7, 11) is -3.90. The van der Waals surface area contributed by atoms with Gasteiger partial charge in [0.1, 0.15) is 0 Å². The lowest BCUT2D eigenvalue weighted by atomic mass is 10.1. The first-order valence-corrected chi connectivity index (χ1v) is 11.2. The van der Waals surface area contributed by atoms with Gasteiger partial charge in [-0.05, 0) is 38.5 Å². The Balaban J connectivity index is 2.17. The molecule has 1 heterocycles. The summed E-state index contributed by atoms with van der Waals surface area (Å²) in [5.74, 6) is 0.885. The van der Waals surface area contributed by atoms with Crippen molar-refractivity contribution in [2.75, 3.05) is 18.5 Å². The number of hydrogen-bond acceptors (Lipinski definition) is 8. The highest BCUT2D eigenvalue weighted by Gasteiger charge is 2.24. The summed E-state index contributed by atoms with van der Waals surface area (Å²) in [5, 5.41) is 10.00. The first-order valence-electron chi connectivity index (χ1n) is 8.85. The Kier molecular flexibility index (Phi) is 7.72. The Labute approximate surface area is 168 Å². The maximum atomic E-state index is 12.6. The molecule has 0 spiro atoms. The number of carbonyl (C=O) groups excluding carboxylic acids is 1. The Bertz CT molecular complexity index is 914. The van der Waals surface area contributed by atoms with Crippen molar-refractivity contribution in [1.29, 1.82) is 0 Å². The number of benzene rings is 1. The summed E-state index contributed by atoms with van der Waals surface area (Å²) < 4.78 is 38.6. The van der Waals surface area contributed by atoms with Crippen LogP contribution in [0.4, 0.5) is 5.13 Å². The maximum Gasteiger partial charge on any atom is 0.270 e. The summed E-state index contributed by atoms with van der Waals surface area (Å²) in [6, 6.07) is 4.72. The Morgan fingerprint density at radius 3 is 2.46 bits per heavy atom. The molecule has 11 heteroatoms. The van der Waals surface area contributed by atoms with E-state index in [9.17, 15) is 13.2 Å². The molecule has 1 aromatic carbocycles. The fourth-order valence-electron chi connectivity index (χ4n) is 2.26. The van der Waals surface area contributed by atoms with Crippen molar-refractivity contribution in [3.8, 4) is 11.5 Å². The lowest BCUT2D eigenvalue weighted by molar-refractivity contribution is -0.115. The molecule has 2 N–H and O–H groups in total. The lowest BCUT2D eigenvalue weighted by Crippen LogP contribution is -2.26. The number of nitrogens with zero attached hydrogens (tertiary/aromatic N) is 2. The number of rotatable bonds is 10. The quantitative estimate of drug-likeness (QED) is 0.558. The van der Waals surface area contributed by atoms with Gasteiger partial charge < -0.3 is 14.8 Å². The average Bonchev–Trinajstić information content (AvgIpc) is 3.12. The van der Waals surface area contributed by atoms with Crippen LogP contribution >= 0.6 is 11.3 Å². The van der Waals surface area contributed by atoms with E-state index in [4.69, 9.17) is 9.47 Å². The van der Waals surface area contributed by atoms with Crippen molar-refractivity contribution in [2.45, 2.75) is 44.5 Å². The third-order valence-electron chi connectivity index (χ3n) is 3.60. The standard InChI is InChI=1S/C17H24N4O5S2/c1-5-15(22)18-16-19-20-17(27-16)28(23,24)21-11(4)12-8-9-13(25-6-2)14(10-12)26-7-3/h8-11,21H,5-7H2,1-4H3,(H,18,19,22)/t11-/m1/s1. The van der Waals surface area contributed by atoms with Gasteiger partial charge in [-0.1, -0.05) is 24.3 Å². The molecule has 0 radical (unpaired) electrons. The fourth-order valence-corrected chi connectivity index (χ4v) is 4.43. The molecule has 1 amide bonds. The van der Waals surface area contributed by atoms with Gasteiger partial charge in [0, 0.05) is 12.5 Å². The first kappa shape index (κ1) is 22.1. The largest absolute Gasteiger partial charge is 0.490 e. The molecule has 2 rings (SSSR count). The summed E-state index contributed by atoms with van der Waals surface area (Å²) in [6.07, 6.45) is 0.261. The number of ether oxygens (including phenoxy) is 2. The summed E-state index contributed by atoms with van der Waals surface area (Å²) in [6.45, 7) is 8.09. The number of sulfonamides is 1. The molecule has 0 saturated carbocycles. The summed E-state index contributed by atoms with van der Waals surface area (Å²) >= 11 is 0.792. The molecule has 154 valence electrons. The minimum atomic E-state index is -3.90. The fraction of sp³-hybridized carbons (Fsp3) is 0.471. The second-order valence-corrected chi connectivity index (χ2v) is 8.56. The van der Waals surface area contributed by atoms with Crippen molar-refractivity contribution in [1.82, 2.24) is 14.9 Å². The third-order valence-corrected chi connectivity index (χ3v) is 6.35. The normalized spacial score (nSPS) is 12.4. The van der Waals surface area contributed by atoms with Crippen LogP contribution in [0.2, 0.25) is 0 Å². The van der Waals surface area contributed by atoms with Crippen LogP contribution in [-0.4, -0.2) is 37.7 Å². The van der Waals surface area contributed by atoms with Crippen molar-refractivity contribution < 1.29 is 22.7 Å². The molecule has 1 atom stereocenters. The lowest BCUT2D eigenvalue weighted by Gasteiger charge is -2.16. The van der Waals surface area contributed by atoms with Gasteiger partial charge in [-0.3, -0.25) is 4.79 Å². The van der Waals surface area contributed by atoms with E-state index < -0.39 is 16.1 Å². The van der Waals surface area contributed by atoms with Gasteiger partial charge in [0.15, 0.2) is 11.5 Å². The molecule has 0 bridgehead atoms. The van der Waals surface area contributed by atoms with Crippen LogP contribution in [0.5, 0.6) is 11.5 Å². The van der Waals surface area contributed by atoms with Gasteiger partial charge in [0.2, 0.25) is 15.4 Å². The predicted octanol–water partition coefficient (Wildman–Crippen LogP) is 2.72. The van der Waals surface area contributed by atoms with Crippen LogP contribution in [0.15, 0.2) is 22.5 Å². The molecule has 0 saturated heterocycles. The van der Waals surface area contributed by atoms with Crippen molar-refractivity contribution in [3.05, 3.63) is 23.8 Å². The zero-order valence-electron chi connectivity index (χ0n) is 16.2. The highest BCUT2D eigenvalue weighted by atomic mass is 32.2. The van der Waals surface area contributed by atoms with E-state index in [1.54, 1.807) is 32.0 Å². The topological polar surface area (TPSA) is 120 Å². The summed E-state index contributed by atoms with van der Waals surface area (Å²) in [5.41, 5.74) is 0.708. The third kappa shape index (κ3) is 5.63. The number of aromatic nitrogens is 2. The minimum Gasteiger partial charge on any atom is -0.490 e. The second kappa shape index (κ2) is 9.80.